The van der Waals surface area contributed by atoms with Crippen molar-refractivity contribution in [1.82, 2.24) is 20.8 Å². The quantitative estimate of drug-likeness (QED) is 0.709. The Morgan fingerprint density at radius 1 is 1.53 bits per heavy atom. The van der Waals surface area contributed by atoms with Crippen molar-refractivity contribution in [2.24, 2.45) is 11.3 Å². The molecule has 5 heteroatoms. The van der Waals surface area contributed by atoms with E-state index in [2.05, 4.69) is 20.8 Å². The maximum atomic E-state index is 12.0. The van der Waals surface area contributed by atoms with E-state index in [0.29, 0.717) is 12.0 Å². The van der Waals surface area contributed by atoms with Gasteiger partial charge in [-0.3, -0.25) is 9.89 Å². The zero-order valence-corrected chi connectivity index (χ0v) is 9.83. The predicted octanol–water partition coefficient (Wildman–Crippen LogP) is 0.416. The van der Waals surface area contributed by atoms with E-state index in [4.69, 9.17) is 0 Å². The summed E-state index contributed by atoms with van der Waals surface area (Å²) in [5, 5.41) is 13.0. The zero-order valence-electron chi connectivity index (χ0n) is 9.83. The van der Waals surface area contributed by atoms with Gasteiger partial charge in [-0.05, 0) is 43.8 Å². The summed E-state index contributed by atoms with van der Waals surface area (Å²) in [4.78, 5) is 12.0. The lowest BCUT2D eigenvalue weighted by Crippen LogP contribution is -2.33. The Morgan fingerprint density at radius 2 is 2.35 bits per heavy atom. The van der Waals surface area contributed by atoms with E-state index in [1.807, 2.05) is 6.07 Å². The average molecular weight is 234 g/mol. The number of H-pyrrole nitrogens is 1. The Balaban J connectivity index is 1.51. The SMILES string of the molecule is O=C(NCc1ccn[nH]1)C1CC12CCNCC2. The van der Waals surface area contributed by atoms with Crippen LogP contribution in [0.5, 0.6) is 0 Å². The van der Waals surface area contributed by atoms with E-state index < -0.39 is 0 Å². The molecule has 0 aromatic carbocycles. The number of carbonyl (C=O) groups excluding carboxylic acids is 1. The molecule has 1 aromatic rings. The summed E-state index contributed by atoms with van der Waals surface area (Å²) in [6.45, 7) is 2.68. The standard InChI is InChI=1S/C12H18N4O/c17-11(14-8-9-1-4-15-16-9)10-7-12(10)2-5-13-6-3-12/h1,4,10,13H,2-3,5-8H2,(H,14,17)(H,15,16). The highest BCUT2D eigenvalue weighted by molar-refractivity contribution is 5.82. The molecule has 17 heavy (non-hydrogen) atoms. The van der Waals surface area contributed by atoms with Crippen LogP contribution in [0, 0.1) is 11.3 Å². The lowest BCUT2D eigenvalue weighted by Gasteiger charge is -2.23. The van der Waals surface area contributed by atoms with Gasteiger partial charge in [0.2, 0.25) is 5.91 Å². The molecular weight excluding hydrogens is 216 g/mol. The van der Waals surface area contributed by atoms with Crippen molar-refractivity contribution in [2.75, 3.05) is 13.1 Å². The van der Waals surface area contributed by atoms with Crippen molar-refractivity contribution in [1.29, 1.82) is 0 Å². The van der Waals surface area contributed by atoms with Crippen LogP contribution in [-0.4, -0.2) is 29.2 Å². The van der Waals surface area contributed by atoms with E-state index in [9.17, 15) is 4.79 Å². The van der Waals surface area contributed by atoms with Crippen LogP contribution in [0.15, 0.2) is 12.3 Å². The number of rotatable bonds is 3. The van der Waals surface area contributed by atoms with Crippen molar-refractivity contribution >= 4 is 5.91 Å². The van der Waals surface area contributed by atoms with E-state index in [1.54, 1.807) is 6.20 Å². The normalized spacial score (nSPS) is 25.8. The van der Waals surface area contributed by atoms with Crippen LogP contribution in [-0.2, 0) is 11.3 Å². The Bertz CT molecular complexity index is 395. The molecule has 0 bridgehead atoms. The fraction of sp³-hybridized carbons (Fsp3) is 0.667. The minimum atomic E-state index is 0.210. The van der Waals surface area contributed by atoms with Crippen LogP contribution in [0.1, 0.15) is 25.0 Å². The number of piperidine rings is 1. The minimum Gasteiger partial charge on any atom is -0.350 e. The largest absolute Gasteiger partial charge is 0.350 e. The fourth-order valence-electron chi connectivity index (χ4n) is 2.88. The highest BCUT2D eigenvalue weighted by Crippen LogP contribution is 2.58. The summed E-state index contributed by atoms with van der Waals surface area (Å²) in [6, 6.07) is 1.88. The Hall–Kier alpha value is -1.36. The number of nitrogens with zero attached hydrogens (tertiary/aromatic N) is 1. The summed E-state index contributed by atoms with van der Waals surface area (Å²) in [7, 11) is 0. The first kappa shape index (κ1) is 10.8. The molecule has 1 aliphatic heterocycles. The predicted molar refractivity (Wildman–Crippen MR) is 63.1 cm³/mol. The van der Waals surface area contributed by atoms with Crippen LogP contribution in [0.3, 0.4) is 0 Å². The van der Waals surface area contributed by atoms with Gasteiger partial charge in [0.25, 0.3) is 0 Å². The second-order valence-electron chi connectivity index (χ2n) is 5.17. The monoisotopic (exact) mass is 234 g/mol. The number of aromatic amines is 1. The molecule has 1 unspecified atom stereocenters. The topological polar surface area (TPSA) is 69.8 Å². The van der Waals surface area contributed by atoms with Crippen molar-refractivity contribution in [3.8, 4) is 0 Å². The van der Waals surface area contributed by atoms with E-state index in [1.165, 1.54) is 0 Å². The molecule has 2 heterocycles. The van der Waals surface area contributed by atoms with Crippen LogP contribution in [0.2, 0.25) is 0 Å². The van der Waals surface area contributed by atoms with Crippen molar-refractivity contribution in [3.05, 3.63) is 18.0 Å². The summed E-state index contributed by atoms with van der Waals surface area (Å²) < 4.78 is 0. The van der Waals surface area contributed by atoms with Gasteiger partial charge in [0.05, 0.1) is 12.2 Å². The van der Waals surface area contributed by atoms with Gasteiger partial charge < -0.3 is 10.6 Å². The number of amides is 1. The molecule has 5 nitrogen and oxygen atoms in total. The molecule has 92 valence electrons. The van der Waals surface area contributed by atoms with Gasteiger partial charge in [0.15, 0.2) is 0 Å². The Morgan fingerprint density at radius 3 is 3.06 bits per heavy atom. The second kappa shape index (κ2) is 4.14. The van der Waals surface area contributed by atoms with Gasteiger partial charge in [-0.15, -0.1) is 0 Å². The van der Waals surface area contributed by atoms with Gasteiger partial charge in [0.1, 0.15) is 0 Å². The minimum absolute atomic E-state index is 0.210. The van der Waals surface area contributed by atoms with Gasteiger partial charge >= 0.3 is 0 Å². The van der Waals surface area contributed by atoms with Crippen molar-refractivity contribution < 1.29 is 4.79 Å². The number of hydrogen-bond donors (Lipinski definition) is 3. The maximum Gasteiger partial charge on any atom is 0.224 e. The molecule has 1 saturated carbocycles. The Labute approximate surface area is 100 Å². The summed E-state index contributed by atoms with van der Waals surface area (Å²) in [5.41, 5.74) is 1.28. The first-order valence-electron chi connectivity index (χ1n) is 6.27. The Kier molecular flexibility index (Phi) is 2.63. The number of nitrogens with one attached hydrogen (secondary N) is 3. The summed E-state index contributed by atoms with van der Waals surface area (Å²) >= 11 is 0. The summed E-state index contributed by atoms with van der Waals surface area (Å²) in [6.07, 6.45) is 5.07. The molecule has 1 spiro atoms. The third-order valence-corrected chi connectivity index (χ3v) is 4.12. The summed E-state index contributed by atoms with van der Waals surface area (Å²) in [5.74, 6) is 0.453. The number of hydrogen-bond acceptors (Lipinski definition) is 3. The molecule has 1 aliphatic carbocycles. The molecule has 1 atom stereocenters. The highest BCUT2D eigenvalue weighted by Gasteiger charge is 2.57. The first-order valence-corrected chi connectivity index (χ1v) is 6.27. The van der Waals surface area contributed by atoms with Gasteiger partial charge in [-0.25, -0.2) is 0 Å². The molecule has 3 rings (SSSR count). The van der Waals surface area contributed by atoms with Crippen LogP contribution < -0.4 is 10.6 Å². The van der Waals surface area contributed by atoms with Crippen LogP contribution in [0.4, 0.5) is 0 Å². The zero-order chi connectivity index (χ0) is 11.7. The molecule has 0 radical (unpaired) electrons. The number of carbonyl (C=O) groups is 1. The molecule has 3 N–H and O–H groups in total. The smallest absolute Gasteiger partial charge is 0.224 e. The van der Waals surface area contributed by atoms with Crippen LogP contribution in [0.25, 0.3) is 0 Å². The van der Waals surface area contributed by atoms with E-state index in [-0.39, 0.29) is 11.8 Å². The van der Waals surface area contributed by atoms with Crippen LogP contribution >= 0.6 is 0 Å². The second-order valence-corrected chi connectivity index (χ2v) is 5.17. The highest BCUT2D eigenvalue weighted by atomic mass is 16.2. The van der Waals surface area contributed by atoms with Gasteiger partial charge in [-0.1, -0.05) is 0 Å². The molecule has 1 aromatic heterocycles. The lowest BCUT2D eigenvalue weighted by atomic mass is 9.92. The third kappa shape index (κ3) is 2.07. The lowest BCUT2D eigenvalue weighted by molar-refractivity contribution is -0.123. The van der Waals surface area contributed by atoms with Crippen molar-refractivity contribution in [3.63, 3.8) is 0 Å². The molecule has 2 fully saturated rings. The van der Waals surface area contributed by atoms with Gasteiger partial charge in [-0.2, -0.15) is 5.10 Å². The third-order valence-electron chi connectivity index (χ3n) is 4.12. The van der Waals surface area contributed by atoms with E-state index in [0.717, 1.165) is 38.0 Å². The molecule has 2 aliphatic rings. The average Bonchev–Trinajstić information content (AvgIpc) is 2.82. The molecule has 1 saturated heterocycles. The maximum absolute atomic E-state index is 12.0. The van der Waals surface area contributed by atoms with E-state index >= 15 is 0 Å². The molecular formula is C12H18N4O. The van der Waals surface area contributed by atoms with Crippen molar-refractivity contribution in [2.45, 2.75) is 25.8 Å². The van der Waals surface area contributed by atoms with Gasteiger partial charge in [0, 0.05) is 12.1 Å². The fourth-order valence-corrected chi connectivity index (χ4v) is 2.88. The number of aromatic nitrogens is 2. The molecule has 1 amide bonds. The first-order chi connectivity index (χ1) is 8.30.